The molecule has 0 aliphatic heterocycles. The molecule has 0 spiro atoms. The molecule has 0 saturated carbocycles. The second-order valence-electron chi connectivity index (χ2n) is 5.74. The summed E-state index contributed by atoms with van der Waals surface area (Å²) < 4.78 is 4.74. The van der Waals surface area contributed by atoms with Crippen molar-refractivity contribution in [2.75, 3.05) is 20.2 Å². The van der Waals surface area contributed by atoms with Crippen molar-refractivity contribution in [1.29, 1.82) is 0 Å². The highest BCUT2D eigenvalue weighted by Gasteiger charge is 2.13. The zero-order valence-electron chi connectivity index (χ0n) is 14.7. The average Bonchev–Trinajstić information content (AvgIpc) is 2.57. The van der Waals surface area contributed by atoms with Crippen molar-refractivity contribution in [2.24, 2.45) is 10.9 Å². The van der Waals surface area contributed by atoms with Crippen LogP contribution in [-0.4, -0.2) is 32.1 Å². The van der Waals surface area contributed by atoms with Crippen molar-refractivity contribution in [1.82, 2.24) is 10.6 Å². The lowest BCUT2D eigenvalue weighted by molar-refractivity contribution is -0.144. The maximum Gasteiger partial charge on any atom is 0.310 e. The molecular formula is C18H29N3O2. The van der Waals surface area contributed by atoms with Crippen LogP contribution < -0.4 is 10.6 Å². The van der Waals surface area contributed by atoms with Crippen molar-refractivity contribution < 1.29 is 9.53 Å². The van der Waals surface area contributed by atoms with Crippen LogP contribution in [0.1, 0.15) is 37.8 Å². The largest absolute Gasteiger partial charge is 0.469 e. The SMILES string of the molecule is CCCCNC(=NCc1ccc(C)cc1)NCC(C)C(=O)OC. The van der Waals surface area contributed by atoms with E-state index in [1.807, 2.05) is 6.92 Å². The van der Waals surface area contributed by atoms with E-state index in [0.29, 0.717) is 13.1 Å². The normalized spacial score (nSPS) is 12.6. The van der Waals surface area contributed by atoms with Crippen LogP contribution in [0.25, 0.3) is 0 Å². The third-order valence-electron chi connectivity index (χ3n) is 3.54. The number of rotatable bonds is 8. The van der Waals surface area contributed by atoms with E-state index >= 15 is 0 Å². The third-order valence-corrected chi connectivity index (χ3v) is 3.54. The lowest BCUT2D eigenvalue weighted by Gasteiger charge is -2.15. The van der Waals surface area contributed by atoms with Gasteiger partial charge in [-0.1, -0.05) is 50.1 Å². The maximum atomic E-state index is 11.5. The summed E-state index contributed by atoms with van der Waals surface area (Å²) in [6.07, 6.45) is 2.20. The number of hydrogen-bond donors (Lipinski definition) is 2. The van der Waals surface area contributed by atoms with Crippen molar-refractivity contribution in [2.45, 2.75) is 40.2 Å². The minimum absolute atomic E-state index is 0.211. The molecule has 0 aromatic heterocycles. The summed E-state index contributed by atoms with van der Waals surface area (Å²) in [5.74, 6) is 0.302. The van der Waals surface area contributed by atoms with Gasteiger partial charge in [0.1, 0.15) is 0 Å². The molecule has 0 fully saturated rings. The summed E-state index contributed by atoms with van der Waals surface area (Å²) in [7, 11) is 1.41. The van der Waals surface area contributed by atoms with E-state index in [2.05, 4.69) is 53.7 Å². The second-order valence-corrected chi connectivity index (χ2v) is 5.74. The predicted molar refractivity (Wildman–Crippen MR) is 94.4 cm³/mol. The number of benzene rings is 1. The van der Waals surface area contributed by atoms with E-state index in [1.165, 1.54) is 12.7 Å². The number of aliphatic imine (C=N–C) groups is 1. The molecule has 1 atom stereocenters. The molecule has 23 heavy (non-hydrogen) atoms. The van der Waals surface area contributed by atoms with E-state index < -0.39 is 0 Å². The van der Waals surface area contributed by atoms with Gasteiger partial charge in [-0.25, -0.2) is 4.99 Å². The molecule has 0 saturated heterocycles. The fourth-order valence-corrected chi connectivity index (χ4v) is 1.96. The smallest absolute Gasteiger partial charge is 0.310 e. The Labute approximate surface area is 139 Å². The lowest BCUT2D eigenvalue weighted by Crippen LogP contribution is -2.41. The molecule has 5 heteroatoms. The zero-order valence-corrected chi connectivity index (χ0v) is 14.7. The quantitative estimate of drug-likeness (QED) is 0.335. The number of ether oxygens (including phenoxy) is 1. The molecule has 1 aromatic rings. The molecule has 0 bridgehead atoms. The summed E-state index contributed by atoms with van der Waals surface area (Å²) in [5, 5.41) is 6.51. The monoisotopic (exact) mass is 319 g/mol. The number of nitrogens with one attached hydrogen (secondary N) is 2. The Morgan fingerprint density at radius 1 is 1.26 bits per heavy atom. The summed E-state index contributed by atoms with van der Waals surface area (Å²) in [4.78, 5) is 16.1. The number of hydrogen-bond acceptors (Lipinski definition) is 3. The van der Waals surface area contributed by atoms with Crippen molar-refractivity contribution in [3.63, 3.8) is 0 Å². The van der Waals surface area contributed by atoms with Gasteiger partial charge in [0.05, 0.1) is 19.6 Å². The number of aryl methyl sites for hydroxylation is 1. The Balaban J connectivity index is 2.60. The molecule has 1 unspecified atom stereocenters. The minimum Gasteiger partial charge on any atom is -0.469 e. The second kappa shape index (κ2) is 10.6. The van der Waals surface area contributed by atoms with Crippen LogP contribution in [0.2, 0.25) is 0 Å². The van der Waals surface area contributed by atoms with Crippen molar-refractivity contribution >= 4 is 11.9 Å². The highest BCUT2D eigenvalue weighted by Crippen LogP contribution is 2.04. The summed E-state index contributed by atoms with van der Waals surface area (Å²) in [6, 6.07) is 8.34. The van der Waals surface area contributed by atoms with Gasteiger partial charge in [0.25, 0.3) is 0 Å². The van der Waals surface area contributed by atoms with Gasteiger partial charge in [-0.3, -0.25) is 4.79 Å². The Morgan fingerprint density at radius 2 is 1.96 bits per heavy atom. The van der Waals surface area contributed by atoms with Crippen LogP contribution in [0, 0.1) is 12.8 Å². The van der Waals surface area contributed by atoms with Crippen LogP contribution in [0.4, 0.5) is 0 Å². The molecule has 0 radical (unpaired) electrons. The number of esters is 1. The Kier molecular flexibility index (Phi) is 8.80. The molecule has 0 amide bonds. The molecule has 0 aliphatic rings. The van der Waals surface area contributed by atoms with E-state index in [1.54, 1.807) is 0 Å². The molecule has 0 heterocycles. The Morgan fingerprint density at radius 3 is 2.57 bits per heavy atom. The van der Waals surface area contributed by atoms with Crippen LogP contribution >= 0.6 is 0 Å². The van der Waals surface area contributed by atoms with Crippen molar-refractivity contribution in [3.05, 3.63) is 35.4 Å². The first kappa shape index (κ1) is 19.0. The number of methoxy groups -OCH3 is 1. The number of unbranched alkanes of at least 4 members (excludes halogenated alkanes) is 1. The van der Waals surface area contributed by atoms with Crippen LogP contribution in [0.15, 0.2) is 29.3 Å². The van der Waals surface area contributed by atoms with E-state index in [9.17, 15) is 4.79 Å². The predicted octanol–water partition coefficient (Wildman–Crippen LogP) is 2.64. The maximum absolute atomic E-state index is 11.5. The van der Waals surface area contributed by atoms with E-state index in [0.717, 1.165) is 30.9 Å². The molecular weight excluding hydrogens is 290 g/mol. The molecule has 2 N–H and O–H groups in total. The van der Waals surface area contributed by atoms with Gasteiger partial charge in [0, 0.05) is 13.1 Å². The Bertz CT molecular complexity index is 497. The minimum atomic E-state index is -0.219. The average molecular weight is 319 g/mol. The number of nitrogens with zero attached hydrogens (tertiary/aromatic N) is 1. The highest BCUT2D eigenvalue weighted by molar-refractivity contribution is 5.80. The molecule has 1 aromatic carbocycles. The fourth-order valence-electron chi connectivity index (χ4n) is 1.96. The highest BCUT2D eigenvalue weighted by atomic mass is 16.5. The fraction of sp³-hybridized carbons (Fsp3) is 0.556. The van der Waals surface area contributed by atoms with Gasteiger partial charge in [-0.2, -0.15) is 0 Å². The molecule has 128 valence electrons. The summed E-state index contributed by atoms with van der Waals surface area (Å²) >= 11 is 0. The number of carbonyl (C=O) groups excluding carboxylic acids is 1. The molecule has 0 aliphatic carbocycles. The van der Waals surface area contributed by atoms with Crippen molar-refractivity contribution in [3.8, 4) is 0 Å². The van der Waals surface area contributed by atoms with Gasteiger partial charge in [0.2, 0.25) is 0 Å². The van der Waals surface area contributed by atoms with Gasteiger partial charge < -0.3 is 15.4 Å². The summed E-state index contributed by atoms with van der Waals surface area (Å²) in [6.45, 7) is 8.02. The van der Waals surface area contributed by atoms with Gasteiger partial charge >= 0.3 is 5.97 Å². The number of guanidine groups is 1. The first-order chi connectivity index (χ1) is 11.1. The van der Waals surface area contributed by atoms with Crippen LogP contribution in [-0.2, 0) is 16.1 Å². The van der Waals surface area contributed by atoms with Gasteiger partial charge in [-0.15, -0.1) is 0 Å². The Hall–Kier alpha value is -2.04. The first-order valence-electron chi connectivity index (χ1n) is 8.22. The standard InChI is InChI=1S/C18H29N3O2/c1-5-6-11-19-18(20-12-15(3)17(22)23-4)21-13-16-9-7-14(2)8-10-16/h7-10,15H,5-6,11-13H2,1-4H3,(H2,19,20,21). The summed E-state index contributed by atoms with van der Waals surface area (Å²) in [5.41, 5.74) is 2.40. The third kappa shape index (κ3) is 7.68. The van der Waals surface area contributed by atoms with E-state index in [-0.39, 0.29) is 11.9 Å². The van der Waals surface area contributed by atoms with Gasteiger partial charge in [-0.05, 0) is 18.9 Å². The molecule has 5 nitrogen and oxygen atoms in total. The first-order valence-corrected chi connectivity index (χ1v) is 8.22. The lowest BCUT2D eigenvalue weighted by atomic mass is 10.1. The zero-order chi connectivity index (χ0) is 17.1. The molecule has 1 rings (SSSR count). The van der Waals surface area contributed by atoms with Crippen LogP contribution in [0.5, 0.6) is 0 Å². The topological polar surface area (TPSA) is 62.7 Å². The van der Waals surface area contributed by atoms with E-state index in [4.69, 9.17) is 4.74 Å². The van der Waals surface area contributed by atoms with Crippen LogP contribution in [0.3, 0.4) is 0 Å². The number of carbonyl (C=O) groups is 1. The van der Waals surface area contributed by atoms with Gasteiger partial charge in [0.15, 0.2) is 5.96 Å².